The van der Waals surface area contributed by atoms with E-state index in [1.807, 2.05) is 17.0 Å². The molecule has 2 saturated heterocycles. The maximum Gasteiger partial charge on any atom is 0.244 e. The van der Waals surface area contributed by atoms with E-state index in [0.29, 0.717) is 54.5 Å². The number of hydrogen-bond acceptors (Lipinski definition) is 7. The van der Waals surface area contributed by atoms with Gasteiger partial charge in [0.15, 0.2) is 0 Å². The Morgan fingerprint density at radius 3 is 2.52 bits per heavy atom. The fraction of sp³-hybridized carbons (Fsp3) is 0.600. The third kappa shape index (κ3) is 4.14. The highest BCUT2D eigenvalue weighted by Crippen LogP contribution is 2.52. The molecular weight excluding hydrogens is 509 g/mol. The molecule has 3 atom stereocenters. The Kier molecular flexibility index (Phi) is 6.71. The largest absolute Gasteiger partial charge is 0.367 e. The number of carbonyl (C=O) groups is 2. The van der Waals surface area contributed by atoms with Gasteiger partial charge in [-0.05, 0) is 63.6 Å². The Bertz CT molecular complexity index is 1320. The lowest BCUT2D eigenvalue weighted by molar-refractivity contribution is -0.141. The molecule has 40 heavy (non-hydrogen) atoms. The molecule has 1 aliphatic carbocycles. The zero-order valence-electron chi connectivity index (χ0n) is 24.0. The SMILES string of the molecule is CCC1(N2C(=O)[C@]3(CCNC3=O)Cc3cnc(Nc4ccc(N5CCN(C(C)C)CC5)c(F)c4)nc32)CC[C@H]1C. The third-order valence-corrected chi connectivity index (χ3v) is 10.0. The van der Waals surface area contributed by atoms with Gasteiger partial charge in [-0.3, -0.25) is 19.4 Å². The van der Waals surface area contributed by atoms with Gasteiger partial charge in [0, 0.05) is 62.6 Å². The molecule has 4 aliphatic rings. The number of fused-ring (bicyclic) bond motifs is 1. The number of nitrogens with one attached hydrogen (secondary N) is 2. The first-order valence-electron chi connectivity index (χ1n) is 14.7. The highest BCUT2D eigenvalue weighted by Gasteiger charge is 2.61. The molecule has 3 fully saturated rings. The predicted molar refractivity (Wildman–Crippen MR) is 153 cm³/mol. The summed E-state index contributed by atoms with van der Waals surface area (Å²) in [5.74, 6) is 0.529. The van der Waals surface area contributed by atoms with Gasteiger partial charge in [-0.2, -0.15) is 4.98 Å². The minimum absolute atomic E-state index is 0.152. The molecule has 0 bridgehead atoms. The average molecular weight is 550 g/mol. The lowest BCUT2D eigenvalue weighted by Gasteiger charge is -2.57. The number of halogens is 1. The van der Waals surface area contributed by atoms with Crippen LogP contribution in [0.15, 0.2) is 24.4 Å². The highest BCUT2D eigenvalue weighted by atomic mass is 19.1. The van der Waals surface area contributed by atoms with Crippen LogP contribution in [0.5, 0.6) is 0 Å². The molecule has 1 aromatic heterocycles. The van der Waals surface area contributed by atoms with Crippen molar-refractivity contribution in [2.45, 2.75) is 71.4 Å². The summed E-state index contributed by atoms with van der Waals surface area (Å²) in [6.45, 7) is 12.5. The number of anilines is 4. The van der Waals surface area contributed by atoms with Crippen LogP contribution in [0.25, 0.3) is 0 Å². The summed E-state index contributed by atoms with van der Waals surface area (Å²) in [6.07, 6.45) is 5.18. The smallest absolute Gasteiger partial charge is 0.244 e. The minimum atomic E-state index is -1.09. The maximum absolute atomic E-state index is 15.3. The third-order valence-electron chi connectivity index (χ3n) is 10.0. The lowest BCUT2D eigenvalue weighted by atomic mass is 9.62. The molecule has 1 unspecified atom stereocenters. The maximum atomic E-state index is 15.3. The molecule has 2 N–H and O–H groups in total. The van der Waals surface area contributed by atoms with Crippen molar-refractivity contribution >= 4 is 35.0 Å². The van der Waals surface area contributed by atoms with Crippen LogP contribution < -0.4 is 20.4 Å². The van der Waals surface area contributed by atoms with Crippen molar-refractivity contribution in [1.82, 2.24) is 20.2 Å². The summed E-state index contributed by atoms with van der Waals surface area (Å²) in [6, 6.07) is 5.62. The van der Waals surface area contributed by atoms with Crippen LogP contribution in [-0.2, 0) is 16.0 Å². The number of benzene rings is 1. The van der Waals surface area contributed by atoms with Crippen molar-refractivity contribution in [3.63, 3.8) is 0 Å². The summed E-state index contributed by atoms with van der Waals surface area (Å²) in [5.41, 5.74) is 0.477. The van der Waals surface area contributed by atoms with Gasteiger partial charge in [-0.15, -0.1) is 0 Å². The van der Waals surface area contributed by atoms with Crippen molar-refractivity contribution in [1.29, 1.82) is 0 Å². The van der Waals surface area contributed by atoms with E-state index in [0.717, 1.165) is 51.0 Å². The topological polar surface area (TPSA) is 93.7 Å². The Balaban J connectivity index is 1.28. The molecule has 2 amide bonds. The molecule has 1 spiro atoms. The molecule has 214 valence electrons. The average Bonchev–Trinajstić information content (AvgIpc) is 3.31. The monoisotopic (exact) mass is 549 g/mol. The number of nitrogens with zero attached hydrogens (tertiary/aromatic N) is 5. The Morgan fingerprint density at radius 1 is 1.18 bits per heavy atom. The first-order valence-corrected chi connectivity index (χ1v) is 14.7. The molecular formula is C30H40FN7O2. The van der Waals surface area contributed by atoms with E-state index in [1.54, 1.807) is 6.20 Å². The normalized spacial score (nSPS) is 28.6. The van der Waals surface area contributed by atoms with E-state index < -0.39 is 5.41 Å². The zero-order chi connectivity index (χ0) is 28.2. The van der Waals surface area contributed by atoms with E-state index in [2.05, 4.69) is 53.1 Å². The van der Waals surface area contributed by atoms with E-state index in [9.17, 15) is 9.59 Å². The second-order valence-corrected chi connectivity index (χ2v) is 12.3. The molecule has 3 aliphatic heterocycles. The van der Waals surface area contributed by atoms with Gasteiger partial charge < -0.3 is 15.5 Å². The van der Waals surface area contributed by atoms with Crippen molar-refractivity contribution < 1.29 is 14.0 Å². The van der Waals surface area contributed by atoms with Gasteiger partial charge in [0.05, 0.1) is 11.2 Å². The van der Waals surface area contributed by atoms with Crippen molar-refractivity contribution in [2.75, 3.05) is 47.8 Å². The summed E-state index contributed by atoms with van der Waals surface area (Å²) in [5, 5.41) is 6.04. The van der Waals surface area contributed by atoms with Crippen LogP contribution in [-0.4, -0.2) is 71.0 Å². The molecule has 10 heteroatoms. The van der Waals surface area contributed by atoms with Crippen molar-refractivity contribution in [3.8, 4) is 0 Å². The molecule has 9 nitrogen and oxygen atoms in total. The van der Waals surface area contributed by atoms with Crippen LogP contribution >= 0.6 is 0 Å². The van der Waals surface area contributed by atoms with Gasteiger partial charge in [0.1, 0.15) is 17.1 Å². The first-order chi connectivity index (χ1) is 19.2. The first kappa shape index (κ1) is 26.9. The molecule has 6 rings (SSSR count). The summed E-state index contributed by atoms with van der Waals surface area (Å²) >= 11 is 0. The van der Waals surface area contributed by atoms with Gasteiger partial charge in [0.25, 0.3) is 0 Å². The van der Waals surface area contributed by atoms with E-state index >= 15 is 4.39 Å². The lowest BCUT2D eigenvalue weighted by Crippen LogP contribution is -2.67. The van der Waals surface area contributed by atoms with Crippen LogP contribution in [0, 0.1) is 17.2 Å². The van der Waals surface area contributed by atoms with Gasteiger partial charge in [-0.1, -0.05) is 13.8 Å². The Labute approximate surface area is 235 Å². The molecule has 1 aromatic carbocycles. The van der Waals surface area contributed by atoms with Crippen LogP contribution in [0.1, 0.15) is 58.9 Å². The number of hydrogen-bond donors (Lipinski definition) is 2. The summed E-state index contributed by atoms with van der Waals surface area (Å²) in [7, 11) is 0. The van der Waals surface area contributed by atoms with Gasteiger partial charge in [-0.25, -0.2) is 9.37 Å². The summed E-state index contributed by atoms with van der Waals surface area (Å²) in [4.78, 5) is 42.8. The standard InChI is InChI=1S/C30H40FN7O2/c1-5-30(9-8-20(30)4)38-25-21(17-29(27(38)40)10-11-32-26(29)39)18-33-28(35-25)34-22-6-7-24(23(31)16-22)37-14-12-36(13-15-37)19(2)3/h6-7,16,18-20H,5,8-15,17H2,1-4H3,(H,32,39)(H,33,34,35)/t20-,29-,30?/m1/s1. The van der Waals surface area contributed by atoms with Crippen molar-refractivity contribution in [2.24, 2.45) is 11.3 Å². The number of amides is 2. The van der Waals surface area contributed by atoms with E-state index in [-0.39, 0.29) is 23.2 Å². The number of piperazine rings is 1. The van der Waals surface area contributed by atoms with E-state index in [1.165, 1.54) is 6.07 Å². The number of aromatic nitrogens is 2. The van der Waals surface area contributed by atoms with Gasteiger partial charge >= 0.3 is 0 Å². The van der Waals surface area contributed by atoms with Crippen LogP contribution in [0.4, 0.5) is 27.5 Å². The molecule has 4 heterocycles. The second kappa shape index (κ2) is 9.98. The van der Waals surface area contributed by atoms with Crippen LogP contribution in [0.3, 0.4) is 0 Å². The van der Waals surface area contributed by atoms with E-state index in [4.69, 9.17) is 4.98 Å². The fourth-order valence-electron chi connectivity index (χ4n) is 7.18. The fourth-order valence-corrected chi connectivity index (χ4v) is 7.18. The number of rotatable bonds is 6. The second-order valence-electron chi connectivity index (χ2n) is 12.3. The highest BCUT2D eigenvalue weighted by molar-refractivity contribution is 6.15. The van der Waals surface area contributed by atoms with Gasteiger partial charge in [0.2, 0.25) is 17.8 Å². The minimum Gasteiger partial charge on any atom is -0.367 e. The quantitative estimate of drug-likeness (QED) is 0.529. The molecule has 2 aromatic rings. The number of carbonyl (C=O) groups excluding carboxylic acids is 2. The predicted octanol–water partition coefficient (Wildman–Crippen LogP) is 3.86. The Morgan fingerprint density at radius 2 is 1.95 bits per heavy atom. The van der Waals surface area contributed by atoms with Crippen molar-refractivity contribution in [3.05, 3.63) is 35.8 Å². The summed E-state index contributed by atoms with van der Waals surface area (Å²) < 4.78 is 15.3. The molecule has 1 saturated carbocycles. The Hall–Kier alpha value is -3.27. The van der Waals surface area contributed by atoms with Crippen LogP contribution in [0.2, 0.25) is 0 Å². The molecule has 0 radical (unpaired) electrons. The zero-order valence-corrected chi connectivity index (χ0v) is 24.0.